The van der Waals surface area contributed by atoms with Crippen molar-refractivity contribution in [1.82, 2.24) is 19.9 Å². The fourth-order valence-electron chi connectivity index (χ4n) is 3.27. The first-order valence-electron chi connectivity index (χ1n) is 9.27. The molecular formula is C21H24Cl2N4O. The van der Waals surface area contributed by atoms with Gasteiger partial charge in [0, 0.05) is 30.9 Å². The second-order valence-corrected chi connectivity index (χ2v) is 7.87. The highest BCUT2D eigenvalue weighted by atomic mass is 35.5. The summed E-state index contributed by atoms with van der Waals surface area (Å²) >= 11 is 11.8. The lowest BCUT2D eigenvalue weighted by Gasteiger charge is -2.34. The average molecular weight is 419 g/mol. The number of ether oxygens (including phenoxy) is 1. The Kier molecular flexibility index (Phi) is 7.18. The Labute approximate surface area is 175 Å². The summed E-state index contributed by atoms with van der Waals surface area (Å²) in [5.74, 6) is 0.777. The quantitative estimate of drug-likeness (QED) is 0.551. The summed E-state index contributed by atoms with van der Waals surface area (Å²) in [5, 5.41) is 2.13. The zero-order valence-electron chi connectivity index (χ0n) is 16.3. The highest BCUT2D eigenvalue weighted by Gasteiger charge is 2.23. The SMILES string of the molecule is Cc1ccc2c(Cl)nc(CN3CC(C)O[C@H](C)C3)nc2c1.Clc1cccnc1. The lowest BCUT2D eigenvalue weighted by Crippen LogP contribution is -2.45. The lowest BCUT2D eigenvalue weighted by atomic mass is 10.2. The van der Waals surface area contributed by atoms with Crippen LogP contribution in [0.5, 0.6) is 0 Å². The minimum atomic E-state index is 0.243. The van der Waals surface area contributed by atoms with Crippen molar-refractivity contribution in [2.45, 2.75) is 39.5 Å². The summed E-state index contributed by atoms with van der Waals surface area (Å²) in [6.07, 6.45) is 3.77. The largest absolute Gasteiger partial charge is 0.373 e. The molecule has 148 valence electrons. The number of hydrogen-bond donors (Lipinski definition) is 0. The van der Waals surface area contributed by atoms with E-state index in [0.29, 0.717) is 16.7 Å². The van der Waals surface area contributed by atoms with E-state index in [9.17, 15) is 0 Å². The van der Waals surface area contributed by atoms with E-state index in [1.165, 1.54) is 5.56 Å². The van der Waals surface area contributed by atoms with Gasteiger partial charge in [0.2, 0.25) is 0 Å². The van der Waals surface area contributed by atoms with Crippen LogP contribution in [0.4, 0.5) is 0 Å². The third-order valence-electron chi connectivity index (χ3n) is 4.34. The second-order valence-electron chi connectivity index (χ2n) is 7.07. The lowest BCUT2D eigenvalue weighted by molar-refractivity contribution is -0.0710. The van der Waals surface area contributed by atoms with E-state index in [-0.39, 0.29) is 12.2 Å². The number of aryl methyl sites for hydroxylation is 1. The summed E-state index contributed by atoms with van der Waals surface area (Å²) in [6.45, 7) is 8.76. The van der Waals surface area contributed by atoms with Gasteiger partial charge in [-0.25, -0.2) is 9.97 Å². The molecule has 3 heterocycles. The molecular weight excluding hydrogens is 395 g/mol. The van der Waals surface area contributed by atoms with Gasteiger partial charge in [0.15, 0.2) is 0 Å². The van der Waals surface area contributed by atoms with Gasteiger partial charge in [-0.1, -0.05) is 29.3 Å². The van der Waals surface area contributed by atoms with Crippen LogP contribution in [0.25, 0.3) is 10.9 Å². The summed E-state index contributed by atoms with van der Waals surface area (Å²) in [4.78, 5) is 15.2. The molecule has 0 bridgehead atoms. The van der Waals surface area contributed by atoms with E-state index in [4.69, 9.17) is 27.9 Å². The smallest absolute Gasteiger partial charge is 0.144 e. The van der Waals surface area contributed by atoms with Crippen molar-refractivity contribution in [3.05, 3.63) is 64.3 Å². The molecule has 0 spiro atoms. The monoisotopic (exact) mass is 418 g/mol. The average Bonchev–Trinajstić information content (AvgIpc) is 2.61. The van der Waals surface area contributed by atoms with Crippen molar-refractivity contribution in [3.8, 4) is 0 Å². The maximum absolute atomic E-state index is 6.30. The molecule has 0 saturated carbocycles. The van der Waals surface area contributed by atoms with Gasteiger partial charge in [-0.15, -0.1) is 0 Å². The molecule has 1 fully saturated rings. The van der Waals surface area contributed by atoms with Crippen molar-refractivity contribution >= 4 is 34.1 Å². The highest BCUT2D eigenvalue weighted by Crippen LogP contribution is 2.22. The van der Waals surface area contributed by atoms with Gasteiger partial charge in [-0.2, -0.15) is 0 Å². The number of pyridine rings is 1. The molecule has 5 nitrogen and oxygen atoms in total. The predicted molar refractivity (Wildman–Crippen MR) is 114 cm³/mol. The first-order chi connectivity index (χ1) is 13.4. The third kappa shape index (κ3) is 5.85. The number of morpholine rings is 1. The molecule has 4 rings (SSSR count). The minimum absolute atomic E-state index is 0.243. The molecule has 1 saturated heterocycles. The molecule has 3 aromatic rings. The van der Waals surface area contributed by atoms with E-state index in [0.717, 1.165) is 29.8 Å². The van der Waals surface area contributed by atoms with Crippen molar-refractivity contribution in [3.63, 3.8) is 0 Å². The van der Waals surface area contributed by atoms with Crippen LogP contribution in [-0.4, -0.2) is 45.1 Å². The molecule has 0 radical (unpaired) electrons. The second kappa shape index (κ2) is 9.61. The van der Waals surface area contributed by atoms with Crippen LogP contribution in [0.15, 0.2) is 42.7 Å². The molecule has 0 aliphatic carbocycles. The van der Waals surface area contributed by atoms with Crippen molar-refractivity contribution in [2.75, 3.05) is 13.1 Å². The Bertz CT molecular complexity index is 913. The molecule has 1 unspecified atom stereocenters. The van der Waals surface area contributed by atoms with E-state index in [2.05, 4.69) is 46.7 Å². The van der Waals surface area contributed by atoms with Gasteiger partial charge in [0.05, 0.1) is 29.3 Å². The van der Waals surface area contributed by atoms with Gasteiger partial charge in [-0.3, -0.25) is 9.88 Å². The first kappa shape index (κ1) is 20.9. The molecule has 0 amide bonds. The molecule has 2 aromatic heterocycles. The highest BCUT2D eigenvalue weighted by molar-refractivity contribution is 6.34. The van der Waals surface area contributed by atoms with Crippen LogP contribution in [0.1, 0.15) is 25.2 Å². The van der Waals surface area contributed by atoms with Gasteiger partial charge >= 0.3 is 0 Å². The molecule has 0 N–H and O–H groups in total. The van der Waals surface area contributed by atoms with E-state index >= 15 is 0 Å². The standard InChI is InChI=1S/C16H20ClN3O.C5H4ClN/c1-10-4-5-13-14(6-10)18-15(19-16(13)17)9-20-7-11(2)21-12(3)8-20;6-5-2-1-3-7-4-5/h4-6,11-12H,7-9H2,1-3H3;1-4H/t11-,12?;/m1./s1. The predicted octanol–water partition coefficient (Wildman–Crippen LogP) is 4.94. The van der Waals surface area contributed by atoms with Crippen molar-refractivity contribution in [1.29, 1.82) is 0 Å². The zero-order chi connectivity index (χ0) is 20.1. The first-order valence-corrected chi connectivity index (χ1v) is 10.0. The Morgan fingerprint density at radius 1 is 1.11 bits per heavy atom. The molecule has 1 aromatic carbocycles. The van der Waals surface area contributed by atoms with Crippen molar-refractivity contribution in [2.24, 2.45) is 0 Å². The zero-order valence-corrected chi connectivity index (χ0v) is 17.8. The van der Waals surface area contributed by atoms with E-state index < -0.39 is 0 Å². The molecule has 28 heavy (non-hydrogen) atoms. The Hall–Kier alpha value is -1.79. The number of benzene rings is 1. The fraction of sp³-hybridized carbons (Fsp3) is 0.381. The summed E-state index contributed by atoms with van der Waals surface area (Å²) < 4.78 is 5.76. The van der Waals surface area contributed by atoms with Crippen LogP contribution in [0.3, 0.4) is 0 Å². The van der Waals surface area contributed by atoms with Crippen LogP contribution in [-0.2, 0) is 11.3 Å². The number of halogens is 2. The van der Waals surface area contributed by atoms with Crippen LogP contribution < -0.4 is 0 Å². The maximum atomic E-state index is 6.30. The minimum Gasteiger partial charge on any atom is -0.373 e. The maximum Gasteiger partial charge on any atom is 0.144 e. The topological polar surface area (TPSA) is 51.1 Å². The molecule has 1 aliphatic heterocycles. The number of hydrogen-bond acceptors (Lipinski definition) is 5. The van der Waals surface area contributed by atoms with Gasteiger partial charge in [0.25, 0.3) is 0 Å². The molecule has 7 heteroatoms. The van der Waals surface area contributed by atoms with Gasteiger partial charge in [0.1, 0.15) is 11.0 Å². The van der Waals surface area contributed by atoms with Crippen LogP contribution in [0, 0.1) is 6.92 Å². The van der Waals surface area contributed by atoms with Crippen molar-refractivity contribution < 1.29 is 4.74 Å². The number of nitrogens with zero attached hydrogens (tertiary/aromatic N) is 4. The normalized spacial score (nSPS) is 19.9. The summed E-state index contributed by atoms with van der Waals surface area (Å²) in [5.41, 5.74) is 2.09. The van der Waals surface area contributed by atoms with Gasteiger partial charge in [-0.05, 0) is 50.6 Å². The number of fused-ring (bicyclic) bond motifs is 1. The van der Waals surface area contributed by atoms with Crippen LogP contribution in [0.2, 0.25) is 10.2 Å². The number of aromatic nitrogens is 3. The molecule has 2 atom stereocenters. The Morgan fingerprint density at radius 3 is 2.46 bits per heavy atom. The van der Waals surface area contributed by atoms with E-state index in [1.807, 2.05) is 12.1 Å². The summed E-state index contributed by atoms with van der Waals surface area (Å²) in [7, 11) is 0. The third-order valence-corrected chi connectivity index (χ3v) is 4.85. The molecule has 1 aliphatic rings. The Balaban J connectivity index is 0.000000271. The number of rotatable bonds is 2. The fourth-order valence-corrected chi connectivity index (χ4v) is 3.66. The summed E-state index contributed by atoms with van der Waals surface area (Å²) in [6, 6.07) is 9.64. The van der Waals surface area contributed by atoms with E-state index in [1.54, 1.807) is 24.5 Å². The van der Waals surface area contributed by atoms with Crippen LogP contribution >= 0.6 is 23.2 Å². The van der Waals surface area contributed by atoms with Gasteiger partial charge < -0.3 is 4.74 Å². The Morgan fingerprint density at radius 2 is 1.86 bits per heavy atom.